The summed E-state index contributed by atoms with van der Waals surface area (Å²) in [5.41, 5.74) is 1.98. The van der Waals surface area contributed by atoms with Crippen LogP contribution in [0.1, 0.15) is 11.5 Å². The molecule has 0 unspecified atom stereocenters. The highest BCUT2D eigenvalue weighted by Gasteiger charge is 2.13. The van der Waals surface area contributed by atoms with Crippen LogP contribution in [-0.2, 0) is 13.1 Å². The van der Waals surface area contributed by atoms with Crippen LogP contribution in [0.15, 0.2) is 47.0 Å². The molecule has 0 fully saturated rings. The van der Waals surface area contributed by atoms with E-state index in [1.165, 1.54) is 5.56 Å². The predicted molar refractivity (Wildman–Crippen MR) is 101 cm³/mol. The van der Waals surface area contributed by atoms with Gasteiger partial charge in [0.2, 0.25) is 11.7 Å². The van der Waals surface area contributed by atoms with E-state index in [0.29, 0.717) is 29.8 Å². The molecule has 0 aliphatic heterocycles. The van der Waals surface area contributed by atoms with Gasteiger partial charge < -0.3 is 18.7 Å². The van der Waals surface area contributed by atoms with Gasteiger partial charge in [0, 0.05) is 12.1 Å². The zero-order chi connectivity index (χ0) is 19.2. The molecule has 7 nitrogen and oxygen atoms in total. The van der Waals surface area contributed by atoms with Crippen molar-refractivity contribution in [2.75, 3.05) is 28.4 Å². The highest BCUT2D eigenvalue weighted by molar-refractivity contribution is 5.60. The Hall–Kier alpha value is -3.06. The predicted octanol–water partition coefficient (Wildman–Crippen LogP) is 3.39. The topological polar surface area (TPSA) is 69.9 Å². The molecule has 0 aliphatic carbocycles. The van der Waals surface area contributed by atoms with Crippen molar-refractivity contribution in [1.82, 2.24) is 15.0 Å². The van der Waals surface area contributed by atoms with Crippen LogP contribution >= 0.6 is 0 Å². The summed E-state index contributed by atoms with van der Waals surface area (Å²) >= 11 is 0. The van der Waals surface area contributed by atoms with Gasteiger partial charge in [-0.1, -0.05) is 17.3 Å². The first-order valence-corrected chi connectivity index (χ1v) is 8.49. The summed E-state index contributed by atoms with van der Waals surface area (Å²) in [6, 6.07) is 13.5. The summed E-state index contributed by atoms with van der Waals surface area (Å²) in [6.07, 6.45) is 0. The minimum Gasteiger partial charge on any atom is -0.497 e. The summed E-state index contributed by atoms with van der Waals surface area (Å²) in [6.45, 7) is 1.31. The fraction of sp³-hybridized carbons (Fsp3) is 0.300. The largest absolute Gasteiger partial charge is 0.497 e. The van der Waals surface area contributed by atoms with Crippen molar-refractivity contribution in [1.29, 1.82) is 0 Å². The molecule has 0 N–H and O–H groups in total. The van der Waals surface area contributed by atoms with Crippen molar-refractivity contribution in [3.8, 4) is 28.6 Å². The third-order valence-electron chi connectivity index (χ3n) is 4.13. The molecule has 0 bridgehead atoms. The molecule has 0 atom stereocenters. The summed E-state index contributed by atoms with van der Waals surface area (Å²) in [5.74, 6) is 3.19. The molecule has 0 aliphatic rings. The van der Waals surface area contributed by atoms with Gasteiger partial charge in [0.25, 0.3) is 0 Å². The van der Waals surface area contributed by atoms with Gasteiger partial charge in [-0.2, -0.15) is 4.98 Å². The Kier molecular flexibility index (Phi) is 5.93. The lowest BCUT2D eigenvalue weighted by atomic mass is 10.2. The maximum atomic E-state index is 5.40. The number of benzene rings is 2. The third kappa shape index (κ3) is 4.57. The Morgan fingerprint density at radius 1 is 0.889 bits per heavy atom. The molecular formula is C20H23N3O4. The third-order valence-corrected chi connectivity index (χ3v) is 4.13. The van der Waals surface area contributed by atoms with Crippen LogP contribution in [0.2, 0.25) is 0 Å². The van der Waals surface area contributed by atoms with Crippen LogP contribution in [0.25, 0.3) is 11.4 Å². The average Bonchev–Trinajstić information content (AvgIpc) is 3.16. The van der Waals surface area contributed by atoms with Gasteiger partial charge in [-0.05, 0) is 42.9 Å². The number of hydrogen-bond donors (Lipinski definition) is 0. The summed E-state index contributed by atoms with van der Waals surface area (Å²) in [5, 5.41) is 4.07. The Morgan fingerprint density at radius 2 is 1.63 bits per heavy atom. The summed E-state index contributed by atoms with van der Waals surface area (Å²) in [7, 11) is 6.86. The van der Waals surface area contributed by atoms with Gasteiger partial charge in [0.1, 0.15) is 5.75 Å². The maximum absolute atomic E-state index is 5.40. The molecule has 142 valence electrons. The van der Waals surface area contributed by atoms with Crippen LogP contribution in [0, 0.1) is 0 Å². The molecule has 3 aromatic rings. The molecule has 3 rings (SSSR count). The van der Waals surface area contributed by atoms with E-state index in [1.54, 1.807) is 21.3 Å². The van der Waals surface area contributed by atoms with Gasteiger partial charge in [-0.3, -0.25) is 4.90 Å². The lowest BCUT2D eigenvalue weighted by Crippen LogP contribution is -2.17. The molecule has 7 heteroatoms. The van der Waals surface area contributed by atoms with Crippen LogP contribution in [-0.4, -0.2) is 43.4 Å². The monoisotopic (exact) mass is 369 g/mol. The first-order chi connectivity index (χ1) is 13.1. The number of aromatic nitrogens is 2. The van der Waals surface area contributed by atoms with Gasteiger partial charge in [-0.25, -0.2) is 0 Å². The van der Waals surface area contributed by atoms with Gasteiger partial charge in [-0.15, -0.1) is 0 Å². The molecule has 1 aromatic heterocycles. The average molecular weight is 369 g/mol. The molecule has 0 amide bonds. The van der Waals surface area contributed by atoms with E-state index >= 15 is 0 Å². The fourth-order valence-electron chi connectivity index (χ4n) is 2.74. The molecule has 27 heavy (non-hydrogen) atoms. The van der Waals surface area contributed by atoms with Gasteiger partial charge in [0.05, 0.1) is 27.9 Å². The van der Waals surface area contributed by atoms with E-state index < -0.39 is 0 Å². The molecule has 2 aromatic carbocycles. The number of ether oxygens (including phenoxy) is 3. The van der Waals surface area contributed by atoms with E-state index in [2.05, 4.69) is 15.0 Å². The van der Waals surface area contributed by atoms with E-state index in [-0.39, 0.29) is 0 Å². The van der Waals surface area contributed by atoms with Crippen LogP contribution in [0.5, 0.6) is 17.2 Å². The minimum atomic E-state index is 0.517. The maximum Gasteiger partial charge on any atom is 0.241 e. The van der Waals surface area contributed by atoms with Crippen molar-refractivity contribution >= 4 is 0 Å². The highest BCUT2D eigenvalue weighted by Crippen LogP contribution is 2.31. The van der Waals surface area contributed by atoms with Crippen LogP contribution in [0.4, 0.5) is 0 Å². The number of hydrogen-bond acceptors (Lipinski definition) is 7. The number of rotatable bonds is 8. The zero-order valence-corrected chi connectivity index (χ0v) is 15.9. The second-order valence-electron chi connectivity index (χ2n) is 6.10. The second kappa shape index (κ2) is 8.55. The first kappa shape index (κ1) is 18.7. The second-order valence-corrected chi connectivity index (χ2v) is 6.10. The lowest BCUT2D eigenvalue weighted by molar-refractivity contribution is 0.261. The van der Waals surface area contributed by atoms with E-state index in [0.717, 1.165) is 17.9 Å². The molecule has 0 spiro atoms. The van der Waals surface area contributed by atoms with Gasteiger partial charge >= 0.3 is 0 Å². The molecule has 0 saturated heterocycles. The van der Waals surface area contributed by atoms with Crippen molar-refractivity contribution in [3.63, 3.8) is 0 Å². The standard InChI is InChI=1S/C20H23N3O4/c1-23(12-14-5-8-16(24-2)9-6-14)13-19-21-20(22-27-19)15-7-10-17(25-3)18(11-15)26-4/h5-11H,12-13H2,1-4H3. The molecule has 0 saturated carbocycles. The quantitative estimate of drug-likeness (QED) is 0.603. The van der Waals surface area contributed by atoms with Crippen molar-refractivity contribution in [3.05, 3.63) is 53.9 Å². The number of methoxy groups -OCH3 is 3. The van der Waals surface area contributed by atoms with E-state index in [1.807, 2.05) is 49.5 Å². The Morgan fingerprint density at radius 3 is 2.30 bits per heavy atom. The highest BCUT2D eigenvalue weighted by atomic mass is 16.5. The minimum absolute atomic E-state index is 0.517. The summed E-state index contributed by atoms with van der Waals surface area (Å²) in [4.78, 5) is 6.59. The Bertz CT molecular complexity index is 877. The first-order valence-electron chi connectivity index (χ1n) is 8.49. The van der Waals surface area contributed by atoms with Gasteiger partial charge in [0.15, 0.2) is 11.5 Å². The Balaban J connectivity index is 1.66. The van der Waals surface area contributed by atoms with Crippen molar-refractivity contribution in [2.24, 2.45) is 0 Å². The number of nitrogens with zero attached hydrogens (tertiary/aromatic N) is 3. The lowest BCUT2D eigenvalue weighted by Gasteiger charge is -2.14. The molecule has 0 radical (unpaired) electrons. The fourth-order valence-corrected chi connectivity index (χ4v) is 2.74. The molecule has 1 heterocycles. The van der Waals surface area contributed by atoms with Crippen molar-refractivity contribution in [2.45, 2.75) is 13.1 Å². The smallest absolute Gasteiger partial charge is 0.241 e. The van der Waals surface area contributed by atoms with Crippen molar-refractivity contribution < 1.29 is 18.7 Å². The normalized spacial score (nSPS) is 10.9. The zero-order valence-electron chi connectivity index (χ0n) is 15.9. The van der Waals surface area contributed by atoms with Crippen LogP contribution < -0.4 is 14.2 Å². The van der Waals surface area contributed by atoms with E-state index in [9.17, 15) is 0 Å². The SMILES string of the molecule is COc1ccc(CN(C)Cc2nc(-c3ccc(OC)c(OC)c3)no2)cc1. The Labute approximate surface area is 158 Å². The summed E-state index contributed by atoms with van der Waals surface area (Å²) < 4.78 is 21.2. The molecular weight excluding hydrogens is 346 g/mol. The van der Waals surface area contributed by atoms with Crippen LogP contribution in [0.3, 0.4) is 0 Å². The van der Waals surface area contributed by atoms with E-state index in [4.69, 9.17) is 18.7 Å².